The third-order valence-corrected chi connectivity index (χ3v) is 5.85. The van der Waals surface area contributed by atoms with E-state index in [-0.39, 0.29) is 18.8 Å². The van der Waals surface area contributed by atoms with Gasteiger partial charge in [-0.05, 0) is 88.8 Å². The molecule has 0 bridgehead atoms. The minimum atomic E-state index is -0.250. The van der Waals surface area contributed by atoms with Crippen LogP contribution < -0.4 is 0 Å². The zero-order valence-corrected chi connectivity index (χ0v) is 17.2. The van der Waals surface area contributed by atoms with Crippen LogP contribution in [0.4, 0.5) is 4.39 Å². The molecule has 2 saturated carbocycles. The van der Waals surface area contributed by atoms with Crippen molar-refractivity contribution in [3.8, 4) is 0 Å². The number of carbonyl (C=O) groups is 2. The van der Waals surface area contributed by atoms with Crippen molar-refractivity contribution in [3.05, 3.63) is 35.1 Å². The number of halogens is 1. The zero-order chi connectivity index (χ0) is 21.3. The molecule has 4 atom stereocenters. The van der Waals surface area contributed by atoms with Crippen molar-refractivity contribution in [3.63, 3.8) is 0 Å². The van der Waals surface area contributed by atoms with Crippen molar-refractivity contribution in [2.45, 2.75) is 51.2 Å². The van der Waals surface area contributed by atoms with E-state index in [2.05, 4.69) is 37.0 Å². The van der Waals surface area contributed by atoms with Gasteiger partial charge in [-0.15, -0.1) is 0 Å². The van der Waals surface area contributed by atoms with Gasteiger partial charge < -0.3 is 15.1 Å². The maximum atomic E-state index is 13.5. The third kappa shape index (κ3) is 7.20. The van der Waals surface area contributed by atoms with Crippen LogP contribution >= 0.6 is 0 Å². The van der Waals surface area contributed by atoms with Crippen LogP contribution in [0.1, 0.15) is 36.8 Å². The number of rotatable bonds is 4. The Bertz CT molecular complexity index is 586. The van der Waals surface area contributed by atoms with Gasteiger partial charge in [0.05, 0.1) is 0 Å². The lowest BCUT2D eigenvalue weighted by atomic mass is 10.0. The summed E-state index contributed by atoms with van der Waals surface area (Å²) in [6, 6.07) is 6.85. The monoisotopic (exact) mass is 396 g/mol. The van der Waals surface area contributed by atoms with Gasteiger partial charge in [0.15, 0.2) is 0 Å². The van der Waals surface area contributed by atoms with Crippen molar-refractivity contribution in [1.29, 1.82) is 0 Å². The van der Waals surface area contributed by atoms with Gasteiger partial charge in [-0.3, -0.25) is 14.5 Å². The summed E-state index contributed by atoms with van der Waals surface area (Å²) in [6.07, 6.45) is 5.36. The van der Waals surface area contributed by atoms with Crippen LogP contribution in [-0.2, 0) is 16.1 Å². The fourth-order valence-electron chi connectivity index (χ4n) is 4.65. The van der Waals surface area contributed by atoms with E-state index in [9.17, 15) is 4.39 Å². The summed E-state index contributed by atoms with van der Waals surface area (Å²) in [7, 11) is 6.62. The van der Waals surface area contributed by atoms with E-state index in [1.54, 1.807) is 12.1 Å². The Morgan fingerprint density at radius 2 is 1.43 bits per heavy atom. The fourth-order valence-corrected chi connectivity index (χ4v) is 4.65. The van der Waals surface area contributed by atoms with Crippen molar-refractivity contribution in [1.82, 2.24) is 9.80 Å². The van der Waals surface area contributed by atoms with Gasteiger partial charge in [0.25, 0.3) is 12.9 Å². The van der Waals surface area contributed by atoms with Crippen LogP contribution in [-0.4, -0.2) is 66.2 Å². The molecule has 2 aliphatic carbocycles. The molecule has 1 aromatic rings. The highest BCUT2D eigenvalue weighted by molar-refractivity contribution is 5.33. The first-order chi connectivity index (χ1) is 13.2. The number of fused-ring (bicyclic) bond motifs is 1. The molecule has 1 aromatic carbocycles. The Labute approximate surface area is 167 Å². The molecule has 2 aliphatic rings. The molecule has 0 radical (unpaired) electrons. The molecule has 2 unspecified atom stereocenters. The minimum Gasteiger partial charge on any atom is -0.483 e. The minimum absolute atomic E-state index is 0.111. The lowest BCUT2D eigenvalue weighted by Gasteiger charge is -2.27. The summed E-state index contributed by atoms with van der Waals surface area (Å²) in [5.41, 5.74) is 2.11. The second kappa shape index (κ2) is 11.8. The molecule has 0 amide bonds. The first-order valence-electron chi connectivity index (χ1n) is 9.54. The molecule has 0 saturated heterocycles. The second-order valence-corrected chi connectivity index (χ2v) is 8.00. The highest BCUT2D eigenvalue weighted by Crippen LogP contribution is 2.46. The van der Waals surface area contributed by atoms with Crippen LogP contribution in [0.5, 0.6) is 0 Å². The van der Waals surface area contributed by atoms with Crippen LogP contribution in [0.15, 0.2) is 18.2 Å². The molecule has 0 aromatic heterocycles. The normalized spacial score (nSPS) is 25.4. The molecule has 0 spiro atoms. The number of nitrogens with zero attached hydrogens (tertiary/aromatic N) is 2. The summed E-state index contributed by atoms with van der Waals surface area (Å²) < 4.78 is 13.5. The lowest BCUT2D eigenvalue weighted by Crippen LogP contribution is -2.31. The lowest BCUT2D eigenvalue weighted by molar-refractivity contribution is -0.123. The first kappa shape index (κ1) is 24.0. The van der Waals surface area contributed by atoms with E-state index in [1.807, 2.05) is 6.92 Å². The maximum absolute atomic E-state index is 13.5. The summed E-state index contributed by atoms with van der Waals surface area (Å²) in [5, 5.41) is 13.8. The molecule has 2 N–H and O–H groups in total. The topological polar surface area (TPSA) is 81.1 Å². The molecule has 3 rings (SSSR count). The Hall–Kier alpha value is -1.99. The van der Waals surface area contributed by atoms with Crippen LogP contribution in [0, 0.1) is 24.6 Å². The van der Waals surface area contributed by atoms with Crippen molar-refractivity contribution in [2.24, 2.45) is 11.8 Å². The van der Waals surface area contributed by atoms with E-state index in [1.165, 1.54) is 25.7 Å². The predicted molar refractivity (Wildman–Crippen MR) is 107 cm³/mol. The Morgan fingerprint density at radius 1 is 0.964 bits per heavy atom. The van der Waals surface area contributed by atoms with Gasteiger partial charge in [-0.1, -0.05) is 6.07 Å². The first-order valence-corrected chi connectivity index (χ1v) is 9.54. The molecule has 158 valence electrons. The average Bonchev–Trinajstić information content (AvgIpc) is 3.14. The van der Waals surface area contributed by atoms with Gasteiger partial charge >= 0.3 is 0 Å². The van der Waals surface area contributed by atoms with E-state index >= 15 is 0 Å². The van der Waals surface area contributed by atoms with Gasteiger partial charge in [0.1, 0.15) is 5.82 Å². The van der Waals surface area contributed by atoms with E-state index in [0.717, 1.165) is 35.5 Å². The summed E-state index contributed by atoms with van der Waals surface area (Å²) in [6.45, 7) is 2.33. The standard InChI is InChI=1S/C19H29FN2.2CH2O2/c1-13-5-14(7-17(20)6-13)12-22(4)19-10-15-8-18(21(2)3)9-16(15)11-19;2*2-1-3/h5-7,15-16,18-19H,8-12H2,1-4H3;2*1H,(H,2,3)/t15-,16+,18?,19?;;. The van der Waals surface area contributed by atoms with E-state index < -0.39 is 0 Å². The van der Waals surface area contributed by atoms with E-state index in [4.69, 9.17) is 19.8 Å². The number of carboxylic acid groups (broad SMARTS) is 2. The third-order valence-electron chi connectivity index (χ3n) is 5.85. The average molecular weight is 397 g/mol. The largest absolute Gasteiger partial charge is 0.483 e. The Morgan fingerprint density at radius 3 is 1.86 bits per heavy atom. The predicted octanol–water partition coefficient (Wildman–Crippen LogP) is 3.09. The number of hydrogen-bond acceptors (Lipinski definition) is 4. The highest BCUT2D eigenvalue weighted by atomic mass is 19.1. The molecule has 0 aliphatic heterocycles. The van der Waals surface area contributed by atoms with Gasteiger partial charge in [0.2, 0.25) is 0 Å². The van der Waals surface area contributed by atoms with Crippen LogP contribution in [0.2, 0.25) is 0 Å². The maximum Gasteiger partial charge on any atom is 0.290 e. The fraction of sp³-hybridized carbons (Fsp3) is 0.619. The molecular weight excluding hydrogens is 363 g/mol. The van der Waals surface area contributed by atoms with Gasteiger partial charge in [0, 0.05) is 18.6 Å². The zero-order valence-electron chi connectivity index (χ0n) is 17.2. The smallest absolute Gasteiger partial charge is 0.290 e. The van der Waals surface area contributed by atoms with E-state index in [0.29, 0.717) is 6.04 Å². The summed E-state index contributed by atoms with van der Waals surface area (Å²) >= 11 is 0. The van der Waals surface area contributed by atoms with Gasteiger partial charge in [-0.25, -0.2) is 4.39 Å². The SMILES string of the molecule is Cc1cc(F)cc(CN(C)C2C[C@H]3CC(N(C)C)C[C@H]3C2)c1.O=CO.O=CO. The van der Waals surface area contributed by atoms with Crippen molar-refractivity contribution in [2.75, 3.05) is 21.1 Å². The number of hydrogen-bond donors (Lipinski definition) is 2. The Kier molecular flexibility index (Phi) is 10.1. The number of aryl methyl sites for hydroxylation is 1. The summed E-state index contributed by atoms with van der Waals surface area (Å²) in [4.78, 5) is 21.6. The molecule has 7 heteroatoms. The van der Waals surface area contributed by atoms with Gasteiger partial charge in [-0.2, -0.15) is 0 Å². The Balaban J connectivity index is 0.000000582. The molecular formula is C21H33FN2O4. The molecule has 2 fully saturated rings. The van der Waals surface area contributed by atoms with Crippen LogP contribution in [0.25, 0.3) is 0 Å². The summed E-state index contributed by atoms with van der Waals surface area (Å²) in [5.74, 6) is 1.68. The van der Waals surface area contributed by atoms with Crippen LogP contribution in [0.3, 0.4) is 0 Å². The highest BCUT2D eigenvalue weighted by Gasteiger charge is 2.43. The molecule has 0 heterocycles. The number of benzene rings is 1. The molecule has 6 nitrogen and oxygen atoms in total. The molecule has 28 heavy (non-hydrogen) atoms. The van der Waals surface area contributed by atoms with Crippen molar-refractivity contribution < 1.29 is 24.2 Å². The van der Waals surface area contributed by atoms with Crippen molar-refractivity contribution >= 4 is 12.9 Å². The quantitative estimate of drug-likeness (QED) is 0.762. The second-order valence-electron chi connectivity index (χ2n) is 8.00.